The summed E-state index contributed by atoms with van der Waals surface area (Å²) in [7, 11) is 0. The Morgan fingerprint density at radius 3 is 2.60 bits per heavy atom. The second-order valence-corrected chi connectivity index (χ2v) is 1.88. The molecule has 0 fully saturated rings. The van der Waals surface area contributed by atoms with E-state index in [-0.39, 0.29) is 11.4 Å². The van der Waals surface area contributed by atoms with Crippen LogP contribution in [0.4, 0.5) is 11.4 Å². The van der Waals surface area contributed by atoms with Crippen molar-refractivity contribution < 1.29 is 5.11 Å². The molecule has 0 unspecified atom stereocenters. The second kappa shape index (κ2) is 2.45. The van der Waals surface area contributed by atoms with Gasteiger partial charge in [0.15, 0.2) is 0 Å². The van der Waals surface area contributed by atoms with E-state index in [4.69, 9.17) is 16.7 Å². The maximum atomic E-state index is 9.01. The summed E-state index contributed by atoms with van der Waals surface area (Å²) in [5.41, 5.74) is 8.55. The van der Waals surface area contributed by atoms with Gasteiger partial charge in [-0.15, -0.1) is 0 Å². The third-order valence-electron chi connectivity index (χ3n) is 1.24. The van der Waals surface area contributed by atoms with Gasteiger partial charge in [-0.25, -0.2) is 0 Å². The summed E-state index contributed by atoms with van der Waals surface area (Å²) in [6.45, 7) is 0. The number of hydrogen-bond acceptors (Lipinski definition) is 4. The zero-order valence-corrected chi connectivity index (χ0v) is 5.33. The van der Waals surface area contributed by atoms with Gasteiger partial charge in [0, 0.05) is 0 Å². The number of phenols is 1. The summed E-state index contributed by atoms with van der Waals surface area (Å²) in [6, 6.07) is 4.83. The zero-order valence-electron chi connectivity index (χ0n) is 5.33. The first kappa shape index (κ1) is 6.70. The van der Waals surface area contributed by atoms with Gasteiger partial charge < -0.3 is 16.3 Å². The molecule has 0 amide bonds. The summed E-state index contributed by atoms with van der Waals surface area (Å²) in [5, 5.41) is 9.01. The van der Waals surface area contributed by atoms with Crippen LogP contribution < -0.4 is 17.0 Å². The molecule has 0 aliphatic carbocycles. The van der Waals surface area contributed by atoms with Gasteiger partial charge in [-0.05, 0) is 12.1 Å². The lowest BCUT2D eigenvalue weighted by Crippen LogP contribution is -2.08. The average Bonchev–Trinajstić information content (AvgIpc) is 1.95. The lowest BCUT2D eigenvalue weighted by molar-refractivity contribution is 0.478. The van der Waals surface area contributed by atoms with Crippen molar-refractivity contribution in [1.29, 1.82) is 0 Å². The minimum absolute atomic E-state index is 0.0375. The van der Waals surface area contributed by atoms with Crippen molar-refractivity contribution in [3.05, 3.63) is 18.2 Å². The third-order valence-corrected chi connectivity index (χ3v) is 1.24. The van der Waals surface area contributed by atoms with Crippen molar-refractivity contribution in [3.63, 3.8) is 0 Å². The molecule has 0 aromatic heterocycles. The van der Waals surface area contributed by atoms with Crippen LogP contribution in [-0.4, -0.2) is 5.11 Å². The quantitative estimate of drug-likeness (QED) is 0.194. The fraction of sp³-hybridized carbons (Fsp3) is 0. The smallest absolute Gasteiger partial charge is 0.140 e. The van der Waals surface area contributed by atoms with Gasteiger partial charge in [0.2, 0.25) is 0 Å². The molecule has 1 aromatic rings. The van der Waals surface area contributed by atoms with E-state index in [2.05, 4.69) is 5.43 Å². The highest BCUT2D eigenvalue weighted by molar-refractivity contribution is 5.71. The van der Waals surface area contributed by atoms with Crippen LogP contribution in [-0.2, 0) is 0 Å². The first-order valence-corrected chi connectivity index (χ1v) is 2.79. The van der Waals surface area contributed by atoms with Crippen LogP contribution >= 0.6 is 0 Å². The van der Waals surface area contributed by atoms with Gasteiger partial charge in [-0.3, -0.25) is 5.84 Å². The Morgan fingerprint density at radius 2 is 2.10 bits per heavy atom. The SMILES string of the molecule is NNc1cccc(O)c1N. The molecule has 6 N–H and O–H groups in total. The fourth-order valence-corrected chi connectivity index (χ4v) is 0.679. The van der Waals surface area contributed by atoms with E-state index >= 15 is 0 Å². The number of nitrogen functional groups attached to an aromatic ring is 2. The fourth-order valence-electron chi connectivity index (χ4n) is 0.679. The Labute approximate surface area is 58.4 Å². The van der Waals surface area contributed by atoms with E-state index in [1.807, 2.05) is 0 Å². The van der Waals surface area contributed by atoms with E-state index in [1.54, 1.807) is 12.1 Å². The standard InChI is InChI=1S/C6H9N3O/c7-6-4(9-8)2-1-3-5(6)10/h1-3,9-10H,7-8H2. The summed E-state index contributed by atoms with van der Waals surface area (Å²) in [5.74, 6) is 5.12. The molecule has 4 heteroatoms. The summed E-state index contributed by atoms with van der Waals surface area (Å²) < 4.78 is 0. The van der Waals surface area contributed by atoms with Crippen LogP contribution in [0, 0.1) is 0 Å². The molecule has 0 saturated carbocycles. The van der Waals surface area contributed by atoms with Crippen LogP contribution in [0.25, 0.3) is 0 Å². The first-order valence-electron chi connectivity index (χ1n) is 2.79. The number of para-hydroxylation sites is 1. The van der Waals surface area contributed by atoms with Crippen LogP contribution in [0.5, 0.6) is 5.75 Å². The molecule has 0 saturated heterocycles. The molecular weight excluding hydrogens is 130 g/mol. The number of aromatic hydroxyl groups is 1. The van der Waals surface area contributed by atoms with E-state index in [0.29, 0.717) is 5.69 Å². The number of hydrogen-bond donors (Lipinski definition) is 4. The van der Waals surface area contributed by atoms with E-state index in [0.717, 1.165) is 0 Å². The molecule has 0 radical (unpaired) electrons. The highest BCUT2D eigenvalue weighted by atomic mass is 16.3. The lowest BCUT2D eigenvalue weighted by Gasteiger charge is -2.04. The van der Waals surface area contributed by atoms with E-state index in [1.165, 1.54) is 6.07 Å². The maximum Gasteiger partial charge on any atom is 0.140 e. The molecule has 0 atom stereocenters. The van der Waals surface area contributed by atoms with Crippen molar-refractivity contribution in [1.82, 2.24) is 0 Å². The van der Waals surface area contributed by atoms with Gasteiger partial charge in [-0.1, -0.05) is 6.07 Å². The number of benzene rings is 1. The largest absolute Gasteiger partial charge is 0.506 e. The molecule has 0 spiro atoms. The highest BCUT2D eigenvalue weighted by Crippen LogP contribution is 2.26. The molecule has 10 heavy (non-hydrogen) atoms. The summed E-state index contributed by atoms with van der Waals surface area (Å²) in [4.78, 5) is 0. The van der Waals surface area contributed by atoms with Crippen molar-refractivity contribution >= 4 is 11.4 Å². The third kappa shape index (κ3) is 0.964. The number of hydrazine groups is 1. The van der Waals surface area contributed by atoms with Crippen molar-refractivity contribution in [3.8, 4) is 5.75 Å². The molecule has 0 heterocycles. The summed E-state index contributed by atoms with van der Waals surface area (Å²) >= 11 is 0. The Hall–Kier alpha value is -1.42. The molecule has 4 nitrogen and oxygen atoms in total. The minimum atomic E-state index is 0.0375. The lowest BCUT2D eigenvalue weighted by atomic mass is 10.2. The Balaban J connectivity index is 3.14. The summed E-state index contributed by atoms with van der Waals surface area (Å²) in [6.07, 6.45) is 0. The molecule has 1 rings (SSSR count). The monoisotopic (exact) mass is 139 g/mol. The predicted octanol–water partition coefficient (Wildman–Crippen LogP) is 0.260. The van der Waals surface area contributed by atoms with Crippen LogP contribution in [0.1, 0.15) is 0 Å². The predicted molar refractivity (Wildman–Crippen MR) is 40.3 cm³/mol. The van der Waals surface area contributed by atoms with Crippen LogP contribution in [0.2, 0.25) is 0 Å². The van der Waals surface area contributed by atoms with Gasteiger partial charge in [0.05, 0.1) is 11.4 Å². The van der Waals surface area contributed by atoms with E-state index < -0.39 is 0 Å². The molecule has 54 valence electrons. The Kier molecular flexibility index (Phi) is 1.64. The number of nitrogens with two attached hydrogens (primary N) is 2. The van der Waals surface area contributed by atoms with Crippen LogP contribution in [0.3, 0.4) is 0 Å². The molecule has 0 aliphatic heterocycles. The van der Waals surface area contributed by atoms with Crippen molar-refractivity contribution in [2.24, 2.45) is 5.84 Å². The normalized spacial score (nSPS) is 9.30. The molecule has 0 bridgehead atoms. The average molecular weight is 139 g/mol. The number of anilines is 2. The minimum Gasteiger partial charge on any atom is -0.506 e. The molecule has 0 aliphatic rings. The van der Waals surface area contributed by atoms with Gasteiger partial charge in [-0.2, -0.15) is 0 Å². The number of phenolic OH excluding ortho intramolecular Hbond substituents is 1. The number of nitrogens with one attached hydrogen (secondary N) is 1. The van der Waals surface area contributed by atoms with E-state index in [9.17, 15) is 0 Å². The number of rotatable bonds is 1. The van der Waals surface area contributed by atoms with Gasteiger partial charge in [0.25, 0.3) is 0 Å². The second-order valence-electron chi connectivity index (χ2n) is 1.88. The van der Waals surface area contributed by atoms with Crippen molar-refractivity contribution in [2.45, 2.75) is 0 Å². The van der Waals surface area contributed by atoms with Gasteiger partial charge in [0.1, 0.15) is 5.75 Å². The highest BCUT2D eigenvalue weighted by Gasteiger charge is 1.99. The Morgan fingerprint density at radius 1 is 1.40 bits per heavy atom. The first-order chi connectivity index (χ1) is 4.75. The Bertz CT molecular complexity index is 236. The van der Waals surface area contributed by atoms with Gasteiger partial charge >= 0.3 is 0 Å². The molecular formula is C6H9N3O. The van der Waals surface area contributed by atoms with Crippen LogP contribution in [0.15, 0.2) is 18.2 Å². The molecule has 1 aromatic carbocycles. The zero-order chi connectivity index (χ0) is 7.56. The van der Waals surface area contributed by atoms with Crippen molar-refractivity contribution in [2.75, 3.05) is 11.2 Å². The maximum absolute atomic E-state index is 9.01. The topological polar surface area (TPSA) is 84.3 Å².